The minimum atomic E-state index is -4.46. The lowest BCUT2D eigenvalue weighted by atomic mass is 9.77. The van der Waals surface area contributed by atoms with Gasteiger partial charge in [0.05, 0.1) is 12.7 Å². The van der Waals surface area contributed by atoms with E-state index in [0.29, 0.717) is 19.8 Å². The predicted octanol–water partition coefficient (Wildman–Crippen LogP) is 0.871. The molecule has 2 unspecified atom stereocenters. The maximum Gasteiger partial charge on any atom is 0.304 e. The summed E-state index contributed by atoms with van der Waals surface area (Å²) in [5.74, 6) is -0.531. The molecule has 0 aromatic carbocycles. The summed E-state index contributed by atoms with van der Waals surface area (Å²) in [4.78, 5) is 0. The molecule has 4 nitrogen and oxygen atoms in total. The van der Waals surface area contributed by atoms with Crippen molar-refractivity contribution in [1.29, 1.82) is 0 Å². The number of ether oxygens (including phenoxy) is 2. The third-order valence-corrected chi connectivity index (χ3v) is 4.01. The zero-order valence-corrected chi connectivity index (χ0v) is 9.26. The average Bonchev–Trinajstić information content (AvgIpc) is 2.48. The second-order valence-corrected chi connectivity index (χ2v) is 5.74. The first-order valence-corrected chi connectivity index (χ1v) is 6.69. The Bertz CT molecular complexity index is 321. The average molecular weight is 238 g/mol. The molecular formula is C9H15FO4S. The molecule has 15 heavy (non-hydrogen) atoms. The van der Waals surface area contributed by atoms with Crippen LogP contribution in [0.4, 0.5) is 3.89 Å². The highest BCUT2D eigenvalue weighted by atomic mass is 32.3. The van der Waals surface area contributed by atoms with Crippen LogP contribution in [0.5, 0.6) is 0 Å². The lowest BCUT2D eigenvalue weighted by Crippen LogP contribution is -2.42. The van der Waals surface area contributed by atoms with Crippen molar-refractivity contribution >= 4 is 10.2 Å². The van der Waals surface area contributed by atoms with E-state index in [-0.39, 0.29) is 5.41 Å². The van der Waals surface area contributed by atoms with Crippen molar-refractivity contribution in [3.05, 3.63) is 0 Å². The summed E-state index contributed by atoms with van der Waals surface area (Å²) < 4.78 is 44.6. The van der Waals surface area contributed by atoms with Crippen LogP contribution in [-0.4, -0.2) is 40.1 Å². The van der Waals surface area contributed by atoms with Gasteiger partial charge in [0, 0.05) is 18.6 Å². The van der Waals surface area contributed by atoms with E-state index >= 15 is 0 Å². The first-order valence-electron chi connectivity index (χ1n) is 5.14. The number of hydrogen-bond donors (Lipinski definition) is 0. The molecule has 0 N–H and O–H groups in total. The van der Waals surface area contributed by atoms with Crippen molar-refractivity contribution in [3.8, 4) is 0 Å². The third-order valence-electron chi connectivity index (χ3n) is 3.31. The van der Waals surface area contributed by atoms with Crippen LogP contribution in [0.1, 0.15) is 19.3 Å². The fourth-order valence-electron chi connectivity index (χ4n) is 2.47. The van der Waals surface area contributed by atoms with Crippen LogP contribution in [0.2, 0.25) is 0 Å². The molecule has 2 aliphatic rings. The number of hydrogen-bond acceptors (Lipinski definition) is 4. The van der Waals surface area contributed by atoms with Crippen LogP contribution < -0.4 is 0 Å². The summed E-state index contributed by atoms with van der Waals surface area (Å²) in [6.07, 6.45) is 2.00. The van der Waals surface area contributed by atoms with Crippen molar-refractivity contribution in [2.24, 2.45) is 5.41 Å². The molecule has 0 aromatic rings. The first-order chi connectivity index (χ1) is 7.02. The van der Waals surface area contributed by atoms with Crippen molar-refractivity contribution in [3.63, 3.8) is 0 Å². The second-order valence-electron chi connectivity index (χ2n) is 4.33. The van der Waals surface area contributed by atoms with Gasteiger partial charge in [0.2, 0.25) is 0 Å². The molecule has 6 heteroatoms. The Morgan fingerprint density at radius 3 is 2.73 bits per heavy atom. The van der Waals surface area contributed by atoms with E-state index in [9.17, 15) is 12.3 Å². The quantitative estimate of drug-likeness (QED) is 0.670. The lowest BCUT2D eigenvalue weighted by Gasteiger charge is -2.36. The Kier molecular flexibility index (Phi) is 3.00. The van der Waals surface area contributed by atoms with E-state index in [0.717, 1.165) is 19.3 Å². The Morgan fingerprint density at radius 2 is 2.13 bits per heavy atom. The topological polar surface area (TPSA) is 52.6 Å². The summed E-state index contributed by atoms with van der Waals surface area (Å²) >= 11 is 0. The fraction of sp³-hybridized carbons (Fsp3) is 1.00. The Morgan fingerprint density at radius 1 is 1.33 bits per heavy atom. The Hall–Kier alpha value is -0.200. The predicted molar refractivity (Wildman–Crippen MR) is 51.7 cm³/mol. The van der Waals surface area contributed by atoms with Gasteiger partial charge in [0.25, 0.3) is 0 Å². The number of halogens is 1. The van der Waals surface area contributed by atoms with Crippen LogP contribution >= 0.6 is 0 Å². The summed E-state index contributed by atoms with van der Waals surface area (Å²) in [7, 11) is -4.46. The standard InChI is InChI=1S/C9H15FO4S/c10-15(11,12)6-8-9(3-5-14-8)2-1-4-13-7-9/h8H,1-7H2. The lowest BCUT2D eigenvalue weighted by molar-refractivity contribution is -0.0442. The number of rotatable bonds is 2. The van der Waals surface area contributed by atoms with Gasteiger partial charge in [0.1, 0.15) is 5.75 Å². The zero-order valence-electron chi connectivity index (χ0n) is 8.45. The maximum atomic E-state index is 12.6. The Balaban J connectivity index is 2.10. The minimum absolute atomic E-state index is 0.266. The largest absolute Gasteiger partial charge is 0.381 e. The van der Waals surface area contributed by atoms with Gasteiger partial charge < -0.3 is 9.47 Å². The smallest absolute Gasteiger partial charge is 0.304 e. The molecule has 88 valence electrons. The normalized spacial score (nSPS) is 37.3. The van der Waals surface area contributed by atoms with Gasteiger partial charge in [-0.15, -0.1) is 3.89 Å². The highest BCUT2D eigenvalue weighted by molar-refractivity contribution is 7.86. The summed E-state index contributed by atoms with van der Waals surface area (Å²) in [6.45, 7) is 1.70. The molecule has 2 atom stereocenters. The molecule has 0 aliphatic carbocycles. The monoisotopic (exact) mass is 238 g/mol. The molecule has 2 saturated heterocycles. The van der Waals surface area contributed by atoms with Crippen molar-refractivity contribution in [2.45, 2.75) is 25.4 Å². The van der Waals surface area contributed by atoms with Crippen LogP contribution in [0, 0.1) is 5.41 Å². The first kappa shape index (κ1) is 11.3. The molecule has 0 amide bonds. The molecular weight excluding hydrogens is 223 g/mol. The molecule has 1 spiro atoms. The maximum absolute atomic E-state index is 12.6. The molecule has 2 heterocycles. The fourth-order valence-corrected chi connectivity index (χ4v) is 3.28. The van der Waals surface area contributed by atoms with Crippen LogP contribution in [0.25, 0.3) is 0 Å². The highest BCUT2D eigenvalue weighted by Crippen LogP contribution is 2.42. The van der Waals surface area contributed by atoms with Crippen molar-refractivity contribution < 1.29 is 21.8 Å². The van der Waals surface area contributed by atoms with Gasteiger partial charge in [-0.2, -0.15) is 8.42 Å². The summed E-state index contributed by atoms with van der Waals surface area (Å²) in [5, 5.41) is 0. The summed E-state index contributed by atoms with van der Waals surface area (Å²) in [6, 6.07) is 0. The molecule has 0 aromatic heterocycles. The molecule has 0 radical (unpaired) electrons. The van der Waals surface area contributed by atoms with E-state index in [1.807, 2.05) is 0 Å². The van der Waals surface area contributed by atoms with Gasteiger partial charge in [-0.1, -0.05) is 0 Å². The van der Waals surface area contributed by atoms with Gasteiger partial charge in [-0.05, 0) is 19.3 Å². The molecule has 0 bridgehead atoms. The molecule has 2 rings (SSSR count). The van der Waals surface area contributed by atoms with Gasteiger partial charge in [-0.25, -0.2) is 0 Å². The SMILES string of the molecule is O=S(=O)(F)CC1OCCC12CCCOC2. The van der Waals surface area contributed by atoms with Crippen molar-refractivity contribution in [2.75, 3.05) is 25.6 Å². The highest BCUT2D eigenvalue weighted by Gasteiger charge is 2.47. The zero-order chi connectivity index (χ0) is 10.9. The summed E-state index contributed by atoms with van der Waals surface area (Å²) in [5.41, 5.74) is -0.266. The van der Waals surface area contributed by atoms with Crippen LogP contribution in [0.15, 0.2) is 0 Å². The van der Waals surface area contributed by atoms with Crippen molar-refractivity contribution in [1.82, 2.24) is 0 Å². The second kappa shape index (κ2) is 3.99. The molecule has 0 saturated carbocycles. The molecule has 2 fully saturated rings. The van der Waals surface area contributed by atoms with Gasteiger partial charge in [-0.3, -0.25) is 0 Å². The minimum Gasteiger partial charge on any atom is -0.381 e. The molecule has 2 aliphatic heterocycles. The Labute approximate surface area is 89.0 Å². The third kappa shape index (κ3) is 2.49. The van der Waals surface area contributed by atoms with Crippen LogP contribution in [-0.2, 0) is 19.7 Å². The van der Waals surface area contributed by atoms with E-state index in [1.54, 1.807) is 0 Å². The van der Waals surface area contributed by atoms with E-state index in [2.05, 4.69) is 0 Å². The van der Waals surface area contributed by atoms with Gasteiger partial charge >= 0.3 is 10.2 Å². The van der Waals surface area contributed by atoms with E-state index < -0.39 is 22.1 Å². The van der Waals surface area contributed by atoms with Gasteiger partial charge in [0.15, 0.2) is 0 Å². The van der Waals surface area contributed by atoms with E-state index in [1.165, 1.54) is 0 Å². The van der Waals surface area contributed by atoms with E-state index in [4.69, 9.17) is 9.47 Å². The van der Waals surface area contributed by atoms with Crippen LogP contribution in [0.3, 0.4) is 0 Å².